The van der Waals surface area contributed by atoms with Gasteiger partial charge in [0.15, 0.2) is 0 Å². The van der Waals surface area contributed by atoms with Gasteiger partial charge in [-0.1, -0.05) is 17.7 Å². The largest absolute Gasteiger partial charge is 0.495 e. The summed E-state index contributed by atoms with van der Waals surface area (Å²) in [5.41, 5.74) is 8.47. The molecule has 16 heavy (non-hydrogen) atoms. The van der Waals surface area contributed by atoms with Gasteiger partial charge in [-0.05, 0) is 42.5 Å². The fraction of sp³-hybridized carbons (Fsp3) is 0.385. The van der Waals surface area contributed by atoms with Crippen LogP contribution in [0.2, 0.25) is 5.02 Å². The molecule has 0 heterocycles. The van der Waals surface area contributed by atoms with E-state index in [1.807, 2.05) is 18.2 Å². The molecule has 1 aromatic rings. The van der Waals surface area contributed by atoms with Gasteiger partial charge in [0, 0.05) is 5.54 Å². The van der Waals surface area contributed by atoms with Crippen molar-refractivity contribution in [1.29, 1.82) is 0 Å². The fourth-order valence-electron chi connectivity index (χ4n) is 2.38. The number of methoxy groups -OCH3 is 1. The van der Waals surface area contributed by atoms with Crippen molar-refractivity contribution in [2.24, 2.45) is 5.73 Å². The number of fused-ring (bicyclic) bond motifs is 1. The van der Waals surface area contributed by atoms with Crippen LogP contribution in [0.3, 0.4) is 0 Å². The maximum atomic E-state index is 6.38. The number of hydrogen-bond acceptors (Lipinski definition) is 2. The molecule has 0 amide bonds. The summed E-state index contributed by atoms with van der Waals surface area (Å²) in [7, 11) is 1.62. The van der Waals surface area contributed by atoms with Crippen molar-refractivity contribution in [3.63, 3.8) is 0 Å². The number of rotatable bonds is 3. The summed E-state index contributed by atoms with van der Waals surface area (Å²) in [6.45, 7) is 3.77. The van der Waals surface area contributed by atoms with E-state index in [2.05, 4.69) is 6.58 Å². The molecule has 1 unspecified atom stereocenters. The number of halogens is 1. The molecule has 3 heteroatoms. The lowest BCUT2D eigenvalue weighted by Gasteiger charge is -2.24. The number of ether oxygens (including phenoxy) is 1. The zero-order chi connectivity index (χ0) is 11.8. The van der Waals surface area contributed by atoms with E-state index in [-0.39, 0.29) is 5.54 Å². The van der Waals surface area contributed by atoms with Crippen LogP contribution in [-0.4, -0.2) is 7.11 Å². The molecule has 0 fully saturated rings. The highest BCUT2D eigenvalue weighted by atomic mass is 35.5. The fourth-order valence-corrected chi connectivity index (χ4v) is 2.65. The summed E-state index contributed by atoms with van der Waals surface area (Å²) in [4.78, 5) is 0. The van der Waals surface area contributed by atoms with Crippen molar-refractivity contribution in [1.82, 2.24) is 0 Å². The molecule has 0 bridgehead atoms. The Balaban J connectivity index is 2.49. The quantitative estimate of drug-likeness (QED) is 0.821. The lowest BCUT2D eigenvalue weighted by atomic mass is 9.89. The highest BCUT2D eigenvalue weighted by Crippen LogP contribution is 2.41. The molecule has 0 spiro atoms. The second-order valence-corrected chi connectivity index (χ2v) is 4.70. The molecule has 0 saturated heterocycles. The Kier molecular flexibility index (Phi) is 2.96. The molecule has 0 aromatic heterocycles. The average Bonchev–Trinajstić information content (AvgIpc) is 2.55. The molecule has 0 radical (unpaired) electrons. The first-order chi connectivity index (χ1) is 7.60. The minimum atomic E-state index is -0.297. The summed E-state index contributed by atoms with van der Waals surface area (Å²) in [5.74, 6) is 0.696. The topological polar surface area (TPSA) is 35.2 Å². The molecular formula is C13H16ClNO. The second kappa shape index (κ2) is 4.11. The first-order valence-electron chi connectivity index (χ1n) is 5.37. The number of aryl methyl sites for hydroxylation is 1. The molecule has 1 aliphatic carbocycles. The summed E-state index contributed by atoms with van der Waals surface area (Å²) in [5, 5.41) is 0.657. The maximum absolute atomic E-state index is 6.38. The second-order valence-electron chi connectivity index (χ2n) is 4.29. The van der Waals surface area contributed by atoms with Crippen LogP contribution < -0.4 is 10.5 Å². The van der Waals surface area contributed by atoms with Crippen LogP contribution in [0, 0.1) is 0 Å². The van der Waals surface area contributed by atoms with Gasteiger partial charge in [0.1, 0.15) is 5.75 Å². The summed E-state index contributed by atoms with van der Waals surface area (Å²) in [6, 6.07) is 3.93. The number of hydrogen-bond donors (Lipinski definition) is 1. The van der Waals surface area contributed by atoms with Gasteiger partial charge >= 0.3 is 0 Å². The minimum absolute atomic E-state index is 0.297. The maximum Gasteiger partial charge on any atom is 0.137 e. The van der Waals surface area contributed by atoms with Crippen molar-refractivity contribution in [2.45, 2.75) is 24.8 Å². The number of nitrogens with two attached hydrogens (primary N) is 1. The van der Waals surface area contributed by atoms with E-state index in [0.717, 1.165) is 24.8 Å². The van der Waals surface area contributed by atoms with Gasteiger partial charge in [-0.2, -0.15) is 0 Å². The smallest absolute Gasteiger partial charge is 0.137 e. The lowest BCUT2D eigenvalue weighted by Crippen LogP contribution is -2.33. The van der Waals surface area contributed by atoms with Crippen molar-refractivity contribution in [3.8, 4) is 5.75 Å². The molecule has 0 saturated carbocycles. The Hall–Kier alpha value is -0.990. The van der Waals surface area contributed by atoms with Gasteiger partial charge in [-0.25, -0.2) is 0 Å². The molecule has 2 N–H and O–H groups in total. The van der Waals surface area contributed by atoms with Crippen molar-refractivity contribution < 1.29 is 4.74 Å². The third kappa shape index (κ3) is 1.72. The normalized spacial score (nSPS) is 22.9. The monoisotopic (exact) mass is 237 g/mol. The zero-order valence-corrected chi connectivity index (χ0v) is 10.2. The molecule has 1 aromatic carbocycles. The van der Waals surface area contributed by atoms with Crippen LogP contribution in [0.4, 0.5) is 0 Å². The van der Waals surface area contributed by atoms with Crippen LogP contribution in [0.1, 0.15) is 24.0 Å². The van der Waals surface area contributed by atoms with E-state index in [1.165, 1.54) is 5.56 Å². The van der Waals surface area contributed by atoms with E-state index in [1.54, 1.807) is 7.11 Å². The zero-order valence-electron chi connectivity index (χ0n) is 9.42. The molecule has 1 atom stereocenters. The molecule has 2 nitrogen and oxygen atoms in total. The molecule has 1 aliphatic rings. The minimum Gasteiger partial charge on any atom is -0.495 e. The average molecular weight is 238 g/mol. The Morgan fingerprint density at radius 3 is 3.00 bits per heavy atom. The van der Waals surface area contributed by atoms with Crippen LogP contribution in [0.5, 0.6) is 5.75 Å². The van der Waals surface area contributed by atoms with Gasteiger partial charge in [0.2, 0.25) is 0 Å². The summed E-state index contributed by atoms with van der Waals surface area (Å²) >= 11 is 6.09. The first-order valence-corrected chi connectivity index (χ1v) is 5.75. The van der Waals surface area contributed by atoms with Gasteiger partial charge < -0.3 is 10.5 Å². The van der Waals surface area contributed by atoms with Gasteiger partial charge in [0.05, 0.1) is 12.1 Å². The van der Waals surface area contributed by atoms with Gasteiger partial charge in [-0.15, -0.1) is 6.58 Å². The molecule has 0 aliphatic heterocycles. The standard InChI is InChI=1S/C13H16ClNO/c1-3-5-13(15)6-4-9-7-11(14)12(16-2)8-10(9)13/h3,7-8H,1,4-6,15H2,2H3. The third-order valence-electron chi connectivity index (χ3n) is 3.26. The van der Waals surface area contributed by atoms with Crippen LogP contribution >= 0.6 is 11.6 Å². The van der Waals surface area contributed by atoms with E-state index in [9.17, 15) is 0 Å². The van der Waals surface area contributed by atoms with Gasteiger partial charge in [-0.3, -0.25) is 0 Å². The Morgan fingerprint density at radius 1 is 1.62 bits per heavy atom. The number of benzene rings is 1. The third-order valence-corrected chi connectivity index (χ3v) is 3.56. The van der Waals surface area contributed by atoms with Crippen molar-refractivity contribution >= 4 is 11.6 Å². The molecular weight excluding hydrogens is 222 g/mol. The van der Waals surface area contributed by atoms with Gasteiger partial charge in [0.25, 0.3) is 0 Å². The van der Waals surface area contributed by atoms with Crippen molar-refractivity contribution in [3.05, 3.63) is 40.9 Å². The predicted molar refractivity (Wildman–Crippen MR) is 67.0 cm³/mol. The van der Waals surface area contributed by atoms with E-state index >= 15 is 0 Å². The Bertz CT molecular complexity index is 430. The summed E-state index contributed by atoms with van der Waals surface area (Å²) in [6.07, 6.45) is 4.57. The Morgan fingerprint density at radius 2 is 2.38 bits per heavy atom. The lowest BCUT2D eigenvalue weighted by molar-refractivity contribution is 0.409. The van der Waals surface area contributed by atoms with Crippen LogP contribution in [0.25, 0.3) is 0 Å². The Labute approximate surface area is 101 Å². The highest BCUT2D eigenvalue weighted by Gasteiger charge is 2.34. The van der Waals surface area contributed by atoms with Crippen molar-refractivity contribution in [2.75, 3.05) is 7.11 Å². The van der Waals surface area contributed by atoms with Crippen LogP contribution in [-0.2, 0) is 12.0 Å². The SMILES string of the molecule is C=CCC1(N)CCc2cc(Cl)c(OC)cc21. The highest BCUT2D eigenvalue weighted by molar-refractivity contribution is 6.32. The van der Waals surface area contributed by atoms with E-state index < -0.39 is 0 Å². The molecule has 86 valence electrons. The van der Waals surface area contributed by atoms with E-state index in [4.69, 9.17) is 22.1 Å². The predicted octanol–water partition coefficient (Wildman–Crippen LogP) is 3.02. The van der Waals surface area contributed by atoms with Crippen LogP contribution in [0.15, 0.2) is 24.8 Å². The first kappa shape index (κ1) is 11.5. The molecule has 2 rings (SSSR count). The van der Waals surface area contributed by atoms with E-state index in [0.29, 0.717) is 10.8 Å². The summed E-state index contributed by atoms with van der Waals surface area (Å²) < 4.78 is 5.23.